The molecule has 1 N–H and O–H groups in total. The number of phenols is 1. The van der Waals surface area contributed by atoms with E-state index in [1.54, 1.807) is 4.90 Å². The van der Waals surface area contributed by atoms with Gasteiger partial charge in [0.15, 0.2) is 16.4 Å². The number of carbonyl (C=O) groups excluding carboxylic acids is 2. The second-order valence-corrected chi connectivity index (χ2v) is 8.44. The highest BCUT2D eigenvalue weighted by atomic mass is 32.2. The van der Waals surface area contributed by atoms with Gasteiger partial charge in [0, 0.05) is 12.1 Å². The maximum atomic E-state index is 12.4. The maximum absolute atomic E-state index is 12.4. The Hall–Kier alpha value is -2.09. The van der Waals surface area contributed by atoms with Crippen LogP contribution in [0.5, 0.6) is 5.75 Å². The molecule has 1 amide bonds. The predicted molar refractivity (Wildman–Crippen MR) is 85.3 cm³/mol. The molecular weight excluding hydrogens is 334 g/mol. The molecule has 1 saturated heterocycles. The highest BCUT2D eigenvalue weighted by Gasteiger charge is 2.42. The third-order valence-electron chi connectivity index (χ3n) is 4.26. The summed E-state index contributed by atoms with van der Waals surface area (Å²) in [7, 11) is -3.08. The van der Waals surface area contributed by atoms with Gasteiger partial charge >= 0.3 is 5.97 Å². The van der Waals surface area contributed by atoms with Gasteiger partial charge in [0.05, 0.1) is 17.1 Å². The Kier molecular flexibility index (Phi) is 4.49. The van der Waals surface area contributed by atoms with Crippen LogP contribution >= 0.6 is 0 Å². The highest BCUT2D eigenvalue weighted by Crippen LogP contribution is 2.32. The van der Waals surface area contributed by atoms with Gasteiger partial charge in [-0.15, -0.1) is 0 Å². The van der Waals surface area contributed by atoms with E-state index in [2.05, 4.69) is 0 Å². The first-order valence-corrected chi connectivity index (χ1v) is 9.65. The van der Waals surface area contributed by atoms with Crippen molar-refractivity contribution in [3.8, 4) is 5.75 Å². The fraction of sp³-hybridized carbons (Fsp3) is 0.500. The fourth-order valence-corrected chi connectivity index (χ4v) is 4.65. The van der Waals surface area contributed by atoms with E-state index in [-0.39, 0.29) is 40.8 Å². The molecule has 1 aliphatic carbocycles. The van der Waals surface area contributed by atoms with Crippen LogP contribution in [0.4, 0.5) is 0 Å². The Bertz CT molecular complexity index is 738. The fourth-order valence-electron chi connectivity index (χ4n) is 2.94. The first kappa shape index (κ1) is 16.8. The van der Waals surface area contributed by atoms with Crippen LogP contribution < -0.4 is 0 Å². The molecule has 0 radical (unpaired) electrons. The number of hydrogen-bond donors (Lipinski definition) is 1. The van der Waals surface area contributed by atoms with Crippen molar-refractivity contribution < 1.29 is 27.9 Å². The van der Waals surface area contributed by atoms with Crippen LogP contribution in [0.2, 0.25) is 0 Å². The lowest BCUT2D eigenvalue weighted by Crippen LogP contribution is -2.44. The van der Waals surface area contributed by atoms with Crippen molar-refractivity contribution in [1.29, 1.82) is 0 Å². The second-order valence-electron chi connectivity index (χ2n) is 6.21. The van der Waals surface area contributed by atoms with E-state index < -0.39 is 22.4 Å². The van der Waals surface area contributed by atoms with Gasteiger partial charge in [-0.25, -0.2) is 13.2 Å². The molecule has 2 aliphatic rings. The SMILES string of the molecule is O=C(OCC(=O)N(C1CC1)[C@H]1CCS(=O)(=O)C1)c1ccc(O)cc1. The average molecular weight is 353 g/mol. The molecule has 0 spiro atoms. The van der Waals surface area contributed by atoms with Crippen LogP contribution in [0.1, 0.15) is 29.6 Å². The Labute approximate surface area is 140 Å². The zero-order valence-electron chi connectivity index (χ0n) is 13.1. The van der Waals surface area contributed by atoms with Crippen LogP contribution in [0.3, 0.4) is 0 Å². The number of nitrogens with zero attached hydrogens (tertiary/aromatic N) is 1. The molecule has 1 heterocycles. The molecule has 1 aromatic carbocycles. The summed E-state index contributed by atoms with van der Waals surface area (Å²) >= 11 is 0. The van der Waals surface area contributed by atoms with Crippen molar-refractivity contribution >= 4 is 21.7 Å². The van der Waals surface area contributed by atoms with Crippen molar-refractivity contribution in [3.63, 3.8) is 0 Å². The molecule has 0 aromatic heterocycles. The summed E-state index contributed by atoms with van der Waals surface area (Å²) < 4.78 is 28.3. The number of ether oxygens (including phenoxy) is 1. The number of sulfone groups is 1. The summed E-state index contributed by atoms with van der Waals surface area (Å²) in [4.78, 5) is 25.9. The minimum atomic E-state index is -3.08. The predicted octanol–water partition coefficient (Wildman–Crippen LogP) is 0.727. The number of carbonyl (C=O) groups is 2. The Morgan fingerprint density at radius 2 is 1.79 bits per heavy atom. The molecule has 1 aromatic rings. The van der Waals surface area contributed by atoms with Gasteiger partial charge in [-0.05, 0) is 43.5 Å². The molecule has 8 heteroatoms. The molecule has 0 bridgehead atoms. The minimum Gasteiger partial charge on any atom is -0.508 e. The molecule has 0 unspecified atom stereocenters. The summed E-state index contributed by atoms with van der Waals surface area (Å²) in [5, 5.41) is 9.20. The zero-order chi connectivity index (χ0) is 17.3. The van der Waals surface area contributed by atoms with Crippen LogP contribution in [-0.2, 0) is 19.4 Å². The van der Waals surface area contributed by atoms with E-state index in [9.17, 15) is 23.1 Å². The van der Waals surface area contributed by atoms with E-state index in [4.69, 9.17) is 4.74 Å². The number of aromatic hydroxyl groups is 1. The number of hydrogen-bond acceptors (Lipinski definition) is 6. The normalized spacial score (nSPS) is 22.1. The molecule has 2 fully saturated rings. The lowest BCUT2D eigenvalue weighted by atomic mass is 10.2. The molecule has 1 saturated carbocycles. The third-order valence-corrected chi connectivity index (χ3v) is 6.01. The van der Waals surface area contributed by atoms with Crippen molar-refractivity contribution in [2.24, 2.45) is 0 Å². The van der Waals surface area contributed by atoms with Crippen LogP contribution in [0, 0.1) is 0 Å². The summed E-state index contributed by atoms with van der Waals surface area (Å²) in [6.07, 6.45) is 2.15. The van der Waals surface area contributed by atoms with Crippen LogP contribution in [-0.4, -0.2) is 60.5 Å². The van der Waals surface area contributed by atoms with E-state index >= 15 is 0 Å². The minimum absolute atomic E-state index is 0.0127. The van der Waals surface area contributed by atoms with E-state index in [0.29, 0.717) is 6.42 Å². The highest BCUT2D eigenvalue weighted by molar-refractivity contribution is 7.91. The van der Waals surface area contributed by atoms with Crippen molar-refractivity contribution in [1.82, 2.24) is 4.90 Å². The smallest absolute Gasteiger partial charge is 0.338 e. The Morgan fingerprint density at radius 3 is 2.33 bits per heavy atom. The Morgan fingerprint density at radius 1 is 1.12 bits per heavy atom. The molecule has 3 rings (SSSR count). The van der Waals surface area contributed by atoms with Crippen LogP contribution in [0.25, 0.3) is 0 Å². The Balaban J connectivity index is 1.60. The number of phenolic OH excluding ortho intramolecular Hbond substituents is 1. The molecule has 1 atom stereocenters. The summed E-state index contributed by atoms with van der Waals surface area (Å²) in [6, 6.07) is 5.27. The van der Waals surface area contributed by atoms with Gasteiger partial charge < -0.3 is 14.7 Å². The van der Waals surface area contributed by atoms with Gasteiger partial charge in [-0.1, -0.05) is 0 Å². The molecular formula is C16H19NO6S. The van der Waals surface area contributed by atoms with Gasteiger partial charge in [-0.2, -0.15) is 0 Å². The van der Waals surface area contributed by atoms with E-state index in [1.807, 2.05) is 0 Å². The van der Waals surface area contributed by atoms with Gasteiger partial charge in [-0.3, -0.25) is 4.79 Å². The standard InChI is InChI=1S/C16H19NO6S/c18-14-5-1-11(2-6-14)16(20)23-9-15(19)17(12-3-4-12)13-7-8-24(21,22)10-13/h1-2,5-6,12-13,18H,3-4,7-10H2/t13-/m0/s1. The number of amides is 1. The third kappa shape index (κ3) is 3.87. The van der Waals surface area contributed by atoms with Crippen LogP contribution in [0.15, 0.2) is 24.3 Å². The zero-order valence-corrected chi connectivity index (χ0v) is 13.9. The van der Waals surface area contributed by atoms with E-state index in [0.717, 1.165) is 12.8 Å². The maximum Gasteiger partial charge on any atom is 0.338 e. The largest absolute Gasteiger partial charge is 0.508 e. The van der Waals surface area contributed by atoms with Gasteiger partial charge in [0.25, 0.3) is 5.91 Å². The number of rotatable bonds is 5. The van der Waals surface area contributed by atoms with Crippen molar-refractivity contribution in [2.75, 3.05) is 18.1 Å². The number of esters is 1. The van der Waals surface area contributed by atoms with E-state index in [1.165, 1.54) is 24.3 Å². The monoisotopic (exact) mass is 353 g/mol. The molecule has 130 valence electrons. The van der Waals surface area contributed by atoms with Gasteiger partial charge in [0.1, 0.15) is 5.75 Å². The second kappa shape index (κ2) is 6.43. The average Bonchev–Trinajstić information content (AvgIpc) is 3.29. The summed E-state index contributed by atoms with van der Waals surface area (Å²) in [5.41, 5.74) is 0.238. The molecule has 1 aliphatic heterocycles. The molecule has 24 heavy (non-hydrogen) atoms. The summed E-state index contributed by atoms with van der Waals surface area (Å²) in [5.74, 6) is -0.891. The topological polar surface area (TPSA) is 101 Å². The van der Waals surface area contributed by atoms with Crippen molar-refractivity contribution in [2.45, 2.75) is 31.3 Å². The van der Waals surface area contributed by atoms with Gasteiger partial charge in [0.2, 0.25) is 0 Å². The van der Waals surface area contributed by atoms with Crippen molar-refractivity contribution in [3.05, 3.63) is 29.8 Å². The lowest BCUT2D eigenvalue weighted by molar-refractivity contribution is -0.137. The lowest BCUT2D eigenvalue weighted by Gasteiger charge is -2.28. The first-order valence-electron chi connectivity index (χ1n) is 7.83. The molecule has 7 nitrogen and oxygen atoms in total. The summed E-state index contributed by atoms with van der Waals surface area (Å²) in [6.45, 7) is -0.410. The first-order chi connectivity index (χ1) is 11.4. The quantitative estimate of drug-likeness (QED) is 0.783. The number of benzene rings is 1.